The van der Waals surface area contributed by atoms with E-state index in [0.29, 0.717) is 11.0 Å². The number of benzene rings is 1. The average molecular weight is 256 g/mol. The van der Waals surface area contributed by atoms with E-state index in [4.69, 9.17) is 4.74 Å². The number of carbonyl (C=O) groups is 1. The fraction of sp³-hybridized carbons (Fsp3) is 0.182. The lowest BCUT2D eigenvalue weighted by Crippen LogP contribution is -2.06. The van der Waals surface area contributed by atoms with Crippen LogP contribution in [0.2, 0.25) is 0 Å². The Hall–Kier alpha value is -1.82. The lowest BCUT2D eigenvalue weighted by molar-refractivity contribution is 0.0526. The van der Waals surface area contributed by atoms with Crippen molar-refractivity contribution in [3.63, 3.8) is 0 Å². The molecule has 1 rings (SSSR count). The van der Waals surface area contributed by atoms with Crippen LogP contribution >= 0.6 is 0 Å². The highest BCUT2D eigenvalue weighted by molar-refractivity contribution is 7.90. The van der Waals surface area contributed by atoms with Gasteiger partial charge in [-0.2, -0.15) is 8.42 Å². The SMILES string of the molecule is C=CS(=O)(=O)Oc1ccc(C(=O)OCC)cc1. The van der Waals surface area contributed by atoms with Crippen molar-refractivity contribution in [2.75, 3.05) is 6.61 Å². The van der Waals surface area contributed by atoms with Gasteiger partial charge >= 0.3 is 16.1 Å². The van der Waals surface area contributed by atoms with E-state index in [0.717, 1.165) is 0 Å². The summed E-state index contributed by atoms with van der Waals surface area (Å²) in [7, 11) is -3.77. The van der Waals surface area contributed by atoms with Crippen LogP contribution in [0.4, 0.5) is 0 Å². The summed E-state index contributed by atoms with van der Waals surface area (Å²) >= 11 is 0. The van der Waals surface area contributed by atoms with Gasteiger partial charge in [-0.25, -0.2) is 4.79 Å². The van der Waals surface area contributed by atoms with Crippen LogP contribution in [0.5, 0.6) is 5.75 Å². The van der Waals surface area contributed by atoms with Crippen molar-refractivity contribution in [2.45, 2.75) is 6.92 Å². The van der Waals surface area contributed by atoms with Crippen molar-refractivity contribution in [2.24, 2.45) is 0 Å². The van der Waals surface area contributed by atoms with E-state index >= 15 is 0 Å². The lowest BCUT2D eigenvalue weighted by atomic mass is 10.2. The van der Waals surface area contributed by atoms with E-state index in [9.17, 15) is 13.2 Å². The third-order valence-electron chi connectivity index (χ3n) is 1.78. The molecule has 0 aliphatic heterocycles. The molecule has 17 heavy (non-hydrogen) atoms. The zero-order valence-corrected chi connectivity index (χ0v) is 10.1. The molecule has 92 valence electrons. The number of hydrogen-bond donors (Lipinski definition) is 0. The molecule has 0 saturated carbocycles. The van der Waals surface area contributed by atoms with Crippen molar-refractivity contribution in [1.29, 1.82) is 0 Å². The van der Waals surface area contributed by atoms with Gasteiger partial charge in [0.1, 0.15) is 5.75 Å². The molecule has 6 heteroatoms. The zero-order valence-electron chi connectivity index (χ0n) is 9.25. The Bertz CT molecular complexity index is 501. The van der Waals surface area contributed by atoms with Crippen LogP contribution < -0.4 is 4.18 Å². The highest BCUT2D eigenvalue weighted by Crippen LogP contribution is 2.15. The van der Waals surface area contributed by atoms with Crippen molar-refractivity contribution in [3.05, 3.63) is 41.8 Å². The molecule has 0 aliphatic carbocycles. The Kier molecular flexibility index (Phi) is 4.28. The fourth-order valence-electron chi connectivity index (χ4n) is 1.03. The lowest BCUT2D eigenvalue weighted by Gasteiger charge is -2.04. The summed E-state index contributed by atoms with van der Waals surface area (Å²) in [6.45, 7) is 5.09. The Balaban J connectivity index is 2.82. The molecule has 0 radical (unpaired) electrons. The van der Waals surface area contributed by atoms with Crippen LogP contribution in [0.15, 0.2) is 36.3 Å². The average Bonchev–Trinajstić information content (AvgIpc) is 2.30. The van der Waals surface area contributed by atoms with Crippen LogP contribution in [-0.2, 0) is 14.9 Å². The van der Waals surface area contributed by atoms with Crippen molar-refractivity contribution in [3.8, 4) is 5.75 Å². The molecule has 5 nitrogen and oxygen atoms in total. The summed E-state index contributed by atoms with van der Waals surface area (Å²) in [5.74, 6) is -0.358. The maximum atomic E-state index is 11.3. The third-order valence-corrected chi connectivity index (χ3v) is 2.61. The van der Waals surface area contributed by atoms with Gasteiger partial charge < -0.3 is 8.92 Å². The molecule has 0 amide bonds. The van der Waals surface area contributed by atoms with Gasteiger partial charge in [-0.3, -0.25) is 0 Å². The Morgan fingerprint density at radius 3 is 2.41 bits per heavy atom. The third kappa shape index (κ3) is 3.92. The minimum absolute atomic E-state index is 0.109. The van der Waals surface area contributed by atoms with Gasteiger partial charge in [-0.05, 0) is 31.2 Å². The predicted octanol–water partition coefficient (Wildman–Crippen LogP) is 1.72. The van der Waals surface area contributed by atoms with E-state index in [-0.39, 0.29) is 12.4 Å². The molecular formula is C11H12O5S. The summed E-state index contributed by atoms with van der Waals surface area (Å²) in [5.41, 5.74) is 0.329. The number of hydrogen-bond acceptors (Lipinski definition) is 5. The summed E-state index contributed by atoms with van der Waals surface area (Å²) in [6, 6.07) is 5.58. The minimum Gasteiger partial charge on any atom is -0.462 e. The fourth-order valence-corrected chi connectivity index (χ4v) is 1.48. The molecule has 0 atom stereocenters. The van der Waals surface area contributed by atoms with Crippen LogP contribution in [0, 0.1) is 0 Å². The highest BCUT2D eigenvalue weighted by Gasteiger charge is 2.09. The van der Waals surface area contributed by atoms with E-state index < -0.39 is 16.1 Å². The van der Waals surface area contributed by atoms with Crippen molar-refractivity contribution < 1.29 is 22.1 Å². The van der Waals surface area contributed by atoms with Crippen LogP contribution in [0.25, 0.3) is 0 Å². The largest absolute Gasteiger partial charge is 0.462 e. The van der Waals surface area contributed by atoms with E-state index in [1.54, 1.807) is 6.92 Å². The molecule has 0 aliphatic rings. The van der Waals surface area contributed by atoms with Crippen molar-refractivity contribution >= 4 is 16.1 Å². The molecule has 0 N–H and O–H groups in total. The van der Waals surface area contributed by atoms with Crippen LogP contribution in [-0.4, -0.2) is 21.0 Å². The van der Waals surface area contributed by atoms with Gasteiger partial charge in [-0.1, -0.05) is 6.58 Å². The van der Waals surface area contributed by atoms with Crippen molar-refractivity contribution in [1.82, 2.24) is 0 Å². The van der Waals surface area contributed by atoms with Crippen LogP contribution in [0.3, 0.4) is 0 Å². The van der Waals surface area contributed by atoms with Crippen LogP contribution in [0.1, 0.15) is 17.3 Å². The second kappa shape index (κ2) is 5.49. The van der Waals surface area contributed by atoms with E-state index in [2.05, 4.69) is 10.8 Å². The molecule has 0 fully saturated rings. The van der Waals surface area contributed by atoms with Gasteiger partial charge in [0.05, 0.1) is 17.6 Å². The monoisotopic (exact) mass is 256 g/mol. The molecule has 0 aromatic heterocycles. The van der Waals surface area contributed by atoms with Gasteiger partial charge in [0, 0.05) is 0 Å². The summed E-state index contributed by atoms with van der Waals surface area (Å²) in [5, 5.41) is 0.701. The first-order valence-electron chi connectivity index (χ1n) is 4.82. The van der Waals surface area contributed by atoms with E-state index in [1.807, 2.05) is 0 Å². The first-order chi connectivity index (χ1) is 7.98. The normalized spacial score (nSPS) is 10.6. The molecule has 0 unspecified atom stereocenters. The Morgan fingerprint density at radius 2 is 1.94 bits per heavy atom. The summed E-state index contributed by atoms with van der Waals surface area (Å²) < 4.78 is 31.5. The van der Waals surface area contributed by atoms with Gasteiger partial charge in [0.15, 0.2) is 0 Å². The molecule has 0 saturated heterocycles. The van der Waals surface area contributed by atoms with Gasteiger partial charge in [0.25, 0.3) is 0 Å². The number of esters is 1. The summed E-state index contributed by atoms with van der Waals surface area (Å²) in [4.78, 5) is 11.3. The van der Waals surface area contributed by atoms with Gasteiger partial charge in [-0.15, -0.1) is 0 Å². The Labute approximate surface area is 99.8 Å². The molecule has 1 aromatic rings. The first-order valence-corrected chi connectivity index (χ1v) is 6.29. The number of ether oxygens (including phenoxy) is 1. The predicted molar refractivity (Wildman–Crippen MR) is 62.1 cm³/mol. The smallest absolute Gasteiger partial charge is 0.338 e. The number of rotatable bonds is 5. The Morgan fingerprint density at radius 1 is 1.35 bits per heavy atom. The standard InChI is InChI=1S/C11H12O5S/c1-3-15-11(12)9-5-7-10(8-6-9)16-17(13,14)4-2/h4-8H,2-3H2,1H3. The topological polar surface area (TPSA) is 69.7 Å². The zero-order chi connectivity index (χ0) is 12.9. The molecule has 0 spiro atoms. The first kappa shape index (κ1) is 13.2. The minimum atomic E-state index is -3.77. The number of carbonyl (C=O) groups excluding carboxylic acids is 1. The second-order valence-corrected chi connectivity index (χ2v) is 4.47. The molecule has 0 heterocycles. The molecular weight excluding hydrogens is 244 g/mol. The maximum absolute atomic E-state index is 11.3. The van der Waals surface area contributed by atoms with E-state index in [1.165, 1.54) is 24.3 Å². The maximum Gasteiger partial charge on any atom is 0.338 e. The second-order valence-electron chi connectivity index (χ2n) is 2.99. The highest BCUT2D eigenvalue weighted by atomic mass is 32.2. The van der Waals surface area contributed by atoms with Gasteiger partial charge in [0.2, 0.25) is 0 Å². The molecule has 0 bridgehead atoms. The molecule has 1 aromatic carbocycles. The quantitative estimate of drug-likeness (QED) is 0.592. The summed E-state index contributed by atoms with van der Waals surface area (Å²) in [6.07, 6.45) is 0.